The minimum absolute atomic E-state index is 0.00120. The second kappa shape index (κ2) is 4.06. The summed E-state index contributed by atoms with van der Waals surface area (Å²) in [6, 6.07) is 3.27. The van der Waals surface area contributed by atoms with E-state index in [1.165, 1.54) is 12.1 Å². The molecule has 2 amide bonds. The summed E-state index contributed by atoms with van der Waals surface area (Å²) in [5.74, 6) is 4.21. The number of hydrazine groups is 1. The first-order valence-corrected chi connectivity index (χ1v) is 3.74. The van der Waals surface area contributed by atoms with Crippen LogP contribution in [0.2, 0.25) is 5.02 Å². The zero-order valence-corrected chi connectivity index (χ0v) is 7.23. The number of carbonyl (C=O) groups is 1. The maximum absolute atomic E-state index is 12.8. The van der Waals surface area contributed by atoms with E-state index >= 15 is 0 Å². The van der Waals surface area contributed by atoms with Gasteiger partial charge in [-0.3, -0.25) is 5.43 Å². The molecule has 13 heavy (non-hydrogen) atoms. The van der Waals surface area contributed by atoms with Crippen LogP contribution >= 0.6 is 11.6 Å². The van der Waals surface area contributed by atoms with Gasteiger partial charge in [-0.15, -0.1) is 0 Å². The number of rotatable bonds is 1. The van der Waals surface area contributed by atoms with Crippen molar-refractivity contribution in [1.29, 1.82) is 0 Å². The maximum Gasteiger partial charge on any atom is 0.333 e. The lowest BCUT2D eigenvalue weighted by atomic mass is 10.3. The first-order valence-electron chi connectivity index (χ1n) is 3.36. The molecule has 1 aromatic rings. The fourth-order valence-corrected chi connectivity index (χ4v) is 0.859. The predicted molar refractivity (Wildman–Crippen MR) is 47.8 cm³/mol. The van der Waals surface area contributed by atoms with Crippen LogP contribution in [0.25, 0.3) is 0 Å². The lowest BCUT2D eigenvalue weighted by molar-refractivity contribution is 0.252. The smallest absolute Gasteiger partial charge is 0.307 e. The van der Waals surface area contributed by atoms with E-state index < -0.39 is 11.8 Å². The quantitative estimate of drug-likeness (QED) is 0.368. The number of nitrogens with one attached hydrogen (secondary N) is 2. The first kappa shape index (κ1) is 9.76. The molecule has 0 radical (unpaired) electrons. The molecule has 0 heterocycles. The number of nitrogens with two attached hydrogens (primary N) is 1. The molecule has 0 aromatic heterocycles. The van der Waals surface area contributed by atoms with Gasteiger partial charge in [0.15, 0.2) is 0 Å². The van der Waals surface area contributed by atoms with Gasteiger partial charge < -0.3 is 5.32 Å². The fourth-order valence-electron chi connectivity index (χ4n) is 0.741. The molecule has 4 nitrogen and oxygen atoms in total. The van der Waals surface area contributed by atoms with E-state index in [-0.39, 0.29) is 10.7 Å². The summed E-state index contributed by atoms with van der Waals surface area (Å²) in [5.41, 5.74) is 2.12. The second-order valence-electron chi connectivity index (χ2n) is 2.23. The van der Waals surface area contributed by atoms with E-state index in [2.05, 4.69) is 5.32 Å². The molecule has 0 spiro atoms. The third kappa shape index (κ3) is 2.57. The molecule has 6 heteroatoms. The Morgan fingerprint density at radius 2 is 2.23 bits per heavy atom. The van der Waals surface area contributed by atoms with Crippen LogP contribution in [0.1, 0.15) is 0 Å². The van der Waals surface area contributed by atoms with Crippen LogP contribution in [0, 0.1) is 5.82 Å². The van der Waals surface area contributed by atoms with Crippen molar-refractivity contribution in [2.24, 2.45) is 5.84 Å². The number of anilines is 1. The number of urea groups is 1. The van der Waals surface area contributed by atoms with Crippen molar-refractivity contribution >= 4 is 23.3 Å². The summed E-state index contributed by atoms with van der Waals surface area (Å²) < 4.78 is 12.8. The van der Waals surface area contributed by atoms with Crippen molar-refractivity contribution in [2.75, 3.05) is 5.32 Å². The highest BCUT2D eigenvalue weighted by molar-refractivity contribution is 6.30. The Morgan fingerprint density at radius 3 is 2.77 bits per heavy atom. The van der Waals surface area contributed by atoms with Gasteiger partial charge in [0.25, 0.3) is 0 Å². The molecule has 1 rings (SSSR count). The Hall–Kier alpha value is -1.33. The molecule has 0 aliphatic heterocycles. The van der Waals surface area contributed by atoms with Gasteiger partial charge in [-0.25, -0.2) is 15.0 Å². The monoisotopic (exact) mass is 203 g/mol. The number of hydrogen-bond acceptors (Lipinski definition) is 2. The van der Waals surface area contributed by atoms with E-state index in [1.807, 2.05) is 5.43 Å². The van der Waals surface area contributed by atoms with Gasteiger partial charge in [0.2, 0.25) is 0 Å². The van der Waals surface area contributed by atoms with Crippen LogP contribution < -0.4 is 16.6 Å². The molecule has 0 saturated heterocycles. The molecular weight excluding hydrogens is 197 g/mol. The zero-order valence-electron chi connectivity index (χ0n) is 6.47. The highest BCUT2D eigenvalue weighted by Crippen LogP contribution is 2.18. The van der Waals surface area contributed by atoms with Crippen LogP contribution in [0.3, 0.4) is 0 Å². The summed E-state index contributed by atoms with van der Waals surface area (Å²) in [6.45, 7) is 0. The third-order valence-electron chi connectivity index (χ3n) is 1.31. The van der Waals surface area contributed by atoms with E-state index in [1.54, 1.807) is 0 Å². The predicted octanol–water partition coefficient (Wildman–Crippen LogP) is 1.47. The summed E-state index contributed by atoms with van der Waals surface area (Å²) in [6.07, 6.45) is 0. The van der Waals surface area contributed by atoms with E-state index in [0.29, 0.717) is 0 Å². The highest BCUT2D eigenvalue weighted by atomic mass is 35.5. The Kier molecular flexibility index (Phi) is 3.05. The van der Waals surface area contributed by atoms with Crippen molar-refractivity contribution in [3.05, 3.63) is 29.0 Å². The molecule has 0 atom stereocenters. The van der Waals surface area contributed by atoms with Crippen molar-refractivity contribution in [3.63, 3.8) is 0 Å². The third-order valence-corrected chi connectivity index (χ3v) is 1.62. The van der Waals surface area contributed by atoms with Gasteiger partial charge in [-0.2, -0.15) is 0 Å². The SMILES string of the molecule is NNC(=O)Nc1ccc(Cl)c(F)c1. The van der Waals surface area contributed by atoms with E-state index in [4.69, 9.17) is 17.4 Å². The average Bonchev–Trinajstić information content (AvgIpc) is 2.11. The van der Waals surface area contributed by atoms with Crippen LogP contribution in [0.15, 0.2) is 18.2 Å². The van der Waals surface area contributed by atoms with Crippen molar-refractivity contribution in [2.45, 2.75) is 0 Å². The molecular formula is C7H7ClFN3O. The standard InChI is InChI=1S/C7H7ClFN3O/c8-5-2-1-4(3-6(5)9)11-7(13)12-10/h1-3H,10H2,(H2,11,12,13). The van der Waals surface area contributed by atoms with Crippen molar-refractivity contribution < 1.29 is 9.18 Å². The number of carbonyl (C=O) groups excluding carboxylic acids is 1. The van der Waals surface area contributed by atoms with E-state index in [9.17, 15) is 9.18 Å². The zero-order chi connectivity index (χ0) is 9.84. The Labute approximate surface area is 78.8 Å². The summed E-state index contributed by atoms with van der Waals surface area (Å²) >= 11 is 5.42. The van der Waals surface area contributed by atoms with Gasteiger partial charge >= 0.3 is 6.03 Å². The molecule has 0 aliphatic carbocycles. The minimum Gasteiger partial charge on any atom is -0.307 e. The lowest BCUT2D eigenvalue weighted by Crippen LogP contribution is -2.34. The van der Waals surface area contributed by atoms with Crippen LogP contribution in [0.4, 0.5) is 14.9 Å². The average molecular weight is 204 g/mol. The summed E-state index contributed by atoms with van der Waals surface area (Å²) in [7, 11) is 0. The van der Waals surface area contributed by atoms with Crippen molar-refractivity contribution in [3.8, 4) is 0 Å². The molecule has 0 aliphatic rings. The second-order valence-corrected chi connectivity index (χ2v) is 2.63. The lowest BCUT2D eigenvalue weighted by Gasteiger charge is -2.03. The Bertz CT molecular complexity index is 332. The number of halogens is 2. The van der Waals surface area contributed by atoms with Gasteiger partial charge in [0.05, 0.1) is 5.02 Å². The topological polar surface area (TPSA) is 67.1 Å². The molecule has 0 saturated carbocycles. The fraction of sp³-hybridized carbons (Fsp3) is 0. The normalized spacial score (nSPS) is 9.46. The maximum atomic E-state index is 12.8. The van der Waals surface area contributed by atoms with E-state index in [0.717, 1.165) is 6.07 Å². The minimum atomic E-state index is -0.623. The molecule has 0 unspecified atom stereocenters. The largest absolute Gasteiger partial charge is 0.333 e. The van der Waals surface area contributed by atoms with Crippen LogP contribution in [-0.4, -0.2) is 6.03 Å². The van der Waals surface area contributed by atoms with Crippen molar-refractivity contribution in [1.82, 2.24) is 5.43 Å². The Balaban J connectivity index is 2.79. The summed E-state index contributed by atoms with van der Waals surface area (Å²) in [5, 5.41) is 2.28. The molecule has 0 fully saturated rings. The number of hydrogen-bond donors (Lipinski definition) is 3. The first-order chi connectivity index (χ1) is 6.13. The molecule has 70 valence electrons. The van der Waals surface area contributed by atoms with Gasteiger partial charge in [-0.05, 0) is 18.2 Å². The number of amides is 2. The van der Waals surface area contributed by atoms with Gasteiger partial charge in [0, 0.05) is 5.69 Å². The number of benzene rings is 1. The van der Waals surface area contributed by atoms with Gasteiger partial charge in [-0.1, -0.05) is 11.6 Å². The molecule has 1 aromatic carbocycles. The molecule has 4 N–H and O–H groups in total. The van der Waals surface area contributed by atoms with Crippen LogP contribution in [0.5, 0.6) is 0 Å². The highest BCUT2D eigenvalue weighted by Gasteiger charge is 2.02. The Morgan fingerprint density at radius 1 is 1.54 bits per heavy atom. The van der Waals surface area contributed by atoms with Gasteiger partial charge in [0.1, 0.15) is 5.82 Å². The van der Waals surface area contributed by atoms with Crippen LogP contribution in [-0.2, 0) is 0 Å². The molecule has 0 bridgehead atoms. The summed E-state index contributed by atoms with van der Waals surface area (Å²) in [4.78, 5) is 10.7.